The smallest absolute Gasteiger partial charge is 0.338 e. The number of benzene rings is 3. The first-order valence-electron chi connectivity index (χ1n) is 32.1. The third-order valence-electron chi connectivity index (χ3n) is 14.8. The van der Waals surface area contributed by atoms with E-state index in [-0.39, 0.29) is 36.7 Å². The van der Waals surface area contributed by atoms with Gasteiger partial charge in [-0.2, -0.15) is 0 Å². The maximum atomic E-state index is 14.2. The second-order valence-electron chi connectivity index (χ2n) is 21.9. The molecular formula is C69H101NO15. The van der Waals surface area contributed by atoms with Crippen molar-refractivity contribution in [2.24, 2.45) is 0 Å². The first-order valence-corrected chi connectivity index (χ1v) is 32.1. The topological polar surface area (TPSA) is 198 Å². The number of ether oxygens (including phenoxy) is 9. The predicted molar refractivity (Wildman–Crippen MR) is 328 cm³/mol. The lowest BCUT2D eigenvalue weighted by molar-refractivity contribution is -0.308. The van der Waals surface area contributed by atoms with Gasteiger partial charge in [0, 0.05) is 6.42 Å². The van der Waals surface area contributed by atoms with E-state index in [0.717, 1.165) is 44.9 Å². The van der Waals surface area contributed by atoms with Crippen LogP contribution in [0.1, 0.15) is 226 Å². The van der Waals surface area contributed by atoms with Gasteiger partial charge in [0.15, 0.2) is 18.5 Å². The van der Waals surface area contributed by atoms with Crippen LogP contribution in [0.5, 0.6) is 0 Å². The molecule has 3 aromatic rings. The molecule has 0 radical (unpaired) electrons. The van der Waals surface area contributed by atoms with Crippen molar-refractivity contribution in [3.8, 4) is 0 Å². The lowest BCUT2D eigenvalue weighted by atomic mass is 9.97. The number of allylic oxidation sites excluding steroid dienone is 1. The van der Waals surface area contributed by atoms with Crippen LogP contribution in [0.15, 0.2) is 103 Å². The van der Waals surface area contributed by atoms with Crippen molar-refractivity contribution in [2.75, 3.05) is 39.6 Å². The van der Waals surface area contributed by atoms with E-state index in [1.807, 2.05) is 6.08 Å². The van der Waals surface area contributed by atoms with Crippen molar-refractivity contribution in [3.05, 3.63) is 120 Å². The van der Waals surface area contributed by atoms with Crippen molar-refractivity contribution in [3.63, 3.8) is 0 Å². The summed E-state index contributed by atoms with van der Waals surface area (Å²) in [7, 11) is 0. The fraction of sp³-hybridized carbons (Fsp3) is 0.623. The molecule has 16 nitrogen and oxygen atoms in total. The summed E-state index contributed by atoms with van der Waals surface area (Å²) >= 11 is 0. The SMILES string of the molecule is CCCCCCCCCCCCC/C=C/[C@@H](OC(=O)c1ccccc1)[C@H](CO[C@H]1O[C@H](COCC(=O)OCC)[C@H](OCC(=O)OCC)[C@H](OC(=O)c2ccccc2)[C@H]1OC(=O)c1ccccc1)NC(=O)CCCCCCCCCCCCCCC. The van der Waals surface area contributed by atoms with E-state index in [4.69, 9.17) is 42.6 Å². The van der Waals surface area contributed by atoms with Crippen LogP contribution in [0.2, 0.25) is 0 Å². The number of esters is 5. The number of nitrogens with one attached hydrogen (secondary N) is 1. The zero-order valence-electron chi connectivity index (χ0n) is 51.6. The van der Waals surface area contributed by atoms with Crippen molar-refractivity contribution >= 4 is 35.8 Å². The van der Waals surface area contributed by atoms with Gasteiger partial charge in [0.2, 0.25) is 5.91 Å². The lowest BCUT2D eigenvalue weighted by Gasteiger charge is -2.45. The van der Waals surface area contributed by atoms with Gasteiger partial charge in [-0.15, -0.1) is 0 Å². The zero-order valence-corrected chi connectivity index (χ0v) is 51.6. The van der Waals surface area contributed by atoms with Gasteiger partial charge >= 0.3 is 29.8 Å². The monoisotopic (exact) mass is 1180 g/mol. The minimum atomic E-state index is -1.63. The normalized spacial score (nSPS) is 17.4. The van der Waals surface area contributed by atoms with Crippen LogP contribution < -0.4 is 5.32 Å². The van der Waals surface area contributed by atoms with Gasteiger partial charge < -0.3 is 47.9 Å². The van der Waals surface area contributed by atoms with Crippen LogP contribution in [-0.2, 0) is 57.0 Å². The Bertz CT molecular complexity index is 2300. The Balaban J connectivity index is 1.69. The number of carbonyl (C=O) groups is 6. The van der Waals surface area contributed by atoms with Crippen molar-refractivity contribution in [1.82, 2.24) is 5.32 Å². The molecule has 0 saturated carbocycles. The Morgan fingerprint density at radius 1 is 0.494 bits per heavy atom. The molecular weight excluding hydrogens is 1080 g/mol. The van der Waals surface area contributed by atoms with E-state index in [1.165, 1.54) is 103 Å². The molecule has 7 atom stereocenters. The third-order valence-corrected chi connectivity index (χ3v) is 14.8. The highest BCUT2D eigenvalue weighted by molar-refractivity contribution is 5.91. The molecule has 3 aromatic carbocycles. The van der Waals surface area contributed by atoms with E-state index in [2.05, 4.69) is 19.2 Å². The van der Waals surface area contributed by atoms with Crippen LogP contribution in [0.3, 0.4) is 0 Å². The predicted octanol–water partition coefficient (Wildman–Crippen LogP) is 14.2. The van der Waals surface area contributed by atoms with Gasteiger partial charge in [-0.25, -0.2) is 24.0 Å². The third kappa shape index (κ3) is 30.3. The minimum absolute atomic E-state index is 0.0440. The summed E-state index contributed by atoms with van der Waals surface area (Å²) in [4.78, 5) is 82.2. The lowest BCUT2D eigenvalue weighted by Crippen LogP contribution is -2.63. The summed E-state index contributed by atoms with van der Waals surface area (Å²) in [6, 6.07) is 23.8. The first-order chi connectivity index (χ1) is 41.6. The molecule has 0 spiro atoms. The quantitative estimate of drug-likeness (QED) is 0.0242. The number of carbonyl (C=O) groups excluding carboxylic acids is 6. The van der Waals surface area contributed by atoms with Crippen molar-refractivity contribution in [1.29, 1.82) is 0 Å². The highest BCUT2D eigenvalue weighted by atomic mass is 16.7. The van der Waals surface area contributed by atoms with E-state index in [9.17, 15) is 28.8 Å². The fourth-order valence-corrected chi connectivity index (χ4v) is 10.1. The second kappa shape index (κ2) is 45.4. The van der Waals surface area contributed by atoms with Gasteiger partial charge in [-0.05, 0) is 75.6 Å². The van der Waals surface area contributed by atoms with Gasteiger partial charge in [0.1, 0.15) is 31.5 Å². The summed E-state index contributed by atoms with van der Waals surface area (Å²) in [5.74, 6) is -4.01. The highest BCUT2D eigenvalue weighted by Gasteiger charge is 2.52. The Hall–Kier alpha value is -5.94. The fourth-order valence-electron chi connectivity index (χ4n) is 10.1. The Morgan fingerprint density at radius 2 is 0.929 bits per heavy atom. The molecule has 0 aromatic heterocycles. The molecule has 1 aliphatic heterocycles. The Kier molecular flexibility index (Phi) is 38.2. The van der Waals surface area contributed by atoms with Gasteiger partial charge in [-0.1, -0.05) is 216 Å². The summed E-state index contributed by atoms with van der Waals surface area (Å²) in [5, 5.41) is 3.13. The van der Waals surface area contributed by atoms with Crippen LogP contribution in [-0.4, -0.2) is 118 Å². The Labute approximate surface area is 507 Å². The van der Waals surface area contributed by atoms with Gasteiger partial charge in [0.05, 0.1) is 49.2 Å². The second-order valence-corrected chi connectivity index (χ2v) is 21.9. The average Bonchev–Trinajstić information content (AvgIpc) is 3.30. The molecule has 0 bridgehead atoms. The van der Waals surface area contributed by atoms with Crippen LogP contribution in [0, 0.1) is 0 Å². The van der Waals surface area contributed by atoms with E-state index in [0.29, 0.717) is 18.4 Å². The van der Waals surface area contributed by atoms with Crippen LogP contribution in [0.4, 0.5) is 0 Å². The molecule has 1 saturated heterocycles. The summed E-state index contributed by atoms with van der Waals surface area (Å²) in [6.45, 7) is 5.97. The molecule has 1 N–H and O–H groups in total. The summed E-state index contributed by atoms with van der Waals surface area (Å²) in [5.41, 5.74) is 0.593. The molecule has 472 valence electrons. The van der Waals surface area contributed by atoms with Crippen molar-refractivity contribution in [2.45, 2.75) is 237 Å². The van der Waals surface area contributed by atoms with Gasteiger partial charge in [-0.3, -0.25) is 4.79 Å². The molecule has 1 heterocycles. The number of rotatable bonds is 47. The van der Waals surface area contributed by atoms with E-state index >= 15 is 0 Å². The maximum absolute atomic E-state index is 14.2. The van der Waals surface area contributed by atoms with Crippen LogP contribution in [0.25, 0.3) is 0 Å². The van der Waals surface area contributed by atoms with Gasteiger partial charge in [0.25, 0.3) is 0 Å². The van der Waals surface area contributed by atoms with Crippen molar-refractivity contribution < 1.29 is 71.4 Å². The Morgan fingerprint density at radius 3 is 1.41 bits per heavy atom. The zero-order chi connectivity index (χ0) is 61.0. The minimum Gasteiger partial charge on any atom is -0.464 e. The number of unbranched alkanes of at least 4 members (excludes halogenated alkanes) is 23. The average molecular weight is 1180 g/mol. The molecule has 0 aliphatic carbocycles. The molecule has 1 aliphatic rings. The first kappa shape index (κ1) is 71.5. The molecule has 1 amide bonds. The summed E-state index contributed by atoms with van der Waals surface area (Å²) < 4.78 is 54.5. The summed E-state index contributed by atoms with van der Waals surface area (Å²) in [6.07, 6.45) is 24.1. The largest absolute Gasteiger partial charge is 0.464 e. The number of hydrogen-bond acceptors (Lipinski definition) is 15. The highest BCUT2D eigenvalue weighted by Crippen LogP contribution is 2.32. The van der Waals surface area contributed by atoms with Crippen LogP contribution >= 0.6 is 0 Å². The molecule has 1 fully saturated rings. The molecule has 16 heteroatoms. The maximum Gasteiger partial charge on any atom is 0.338 e. The number of amides is 1. The number of hydrogen-bond donors (Lipinski definition) is 1. The molecule has 4 rings (SSSR count). The standard InChI is InChI=1S/C69H101NO15/c1-5-9-11-13-15-17-19-21-23-25-27-29-40-48-58(82-66(74)54-42-34-31-35-43-54)57(70-60(71)49-41-30-28-26-24-22-20-18-16-14-12-10-6-2)50-81-69-65(85-68(76)56-46-38-33-39-47-56)64(84-67(75)55-44-36-32-37-45-55)63(80-53-62(73)79-8-4)59(83-69)51-77-52-61(72)78-7-3/h31-40,42-48,57-59,63-65,69H,5-30,41,49-53H2,1-4H3,(H,70,71)/b48-40+/t57-,58+,59+,63-,64-,65+,69-/m0/s1. The van der Waals surface area contributed by atoms with E-state index < -0.39 is 99.1 Å². The van der Waals surface area contributed by atoms with E-state index in [1.54, 1.807) is 111 Å². The molecule has 0 unspecified atom stereocenters. The molecule has 85 heavy (non-hydrogen) atoms.